The first-order chi connectivity index (χ1) is 15.0. The van der Waals surface area contributed by atoms with Crippen molar-refractivity contribution < 1.29 is 13.2 Å². The molecule has 31 heavy (non-hydrogen) atoms. The van der Waals surface area contributed by atoms with E-state index in [1.165, 1.54) is 16.6 Å². The summed E-state index contributed by atoms with van der Waals surface area (Å²) in [6, 6.07) is 20.7. The number of sulfonamides is 1. The lowest BCUT2D eigenvalue weighted by Crippen LogP contribution is -2.30. The van der Waals surface area contributed by atoms with Gasteiger partial charge < -0.3 is 4.74 Å². The number of hydrogen-bond acceptors (Lipinski definition) is 6. The van der Waals surface area contributed by atoms with Crippen molar-refractivity contribution in [3.8, 4) is 5.75 Å². The Balaban J connectivity index is 1.59. The lowest BCUT2D eigenvalue weighted by Gasteiger charge is -2.18. The number of nitrogens with one attached hydrogen (secondary N) is 1. The highest BCUT2D eigenvalue weighted by Crippen LogP contribution is 2.17. The van der Waals surface area contributed by atoms with Crippen LogP contribution in [0, 0.1) is 0 Å². The molecule has 1 aromatic heterocycles. The van der Waals surface area contributed by atoms with Crippen molar-refractivity contribution in [1.82, 2.24) is 9.29 Å². The van der Waals surface area contributed by atoms with Crippen molar-refractivity contribution >= 4 is 22.1 Å². The van der Waals surface area contributed by atoms with E-state index < -0.39 is 10.0 Å². The average molecular weight is 439 g/mol. The molecule has 3 aromatic rings. The van der Waals surface area contributed by atoms with Gasteiger partial charge in [-0.1, -0.05) is 56.3 Å². The van der Waals surface area contributed by atoms with Gasteiger partial charge in [0.1, 0.15) is 23.1 Å². The molecule has 0 saturated heterocycles. The molecular weight excluding hydrogens is 412 g/mol. The smallest absolute Gasteiger partial charge is 0.244 e. The number of benzene rings is 2. The van der Waals surface area contributed by atoms with Crippen molar-refractivity contribution in [2.45, 2.75) is 25.3 Å². The fraction of sp³-hybridized carbons (Fsp3) is 0.217. The Morgan fingerprint density at radius 3 is 2.48 bits per heavy atom. The molecule has 1 heterocycles. The maximum Gasteiger partial charge on any atom is 0.244 e. The van der Waals surface area contributed by atoms with Crippen LogP contribution in [0.5, 0.6) is 5.75 Å². The van der Waals surface area contributed by atoms with Gasteiger partial charge in [0.25, 0.3) is 0 Å². The molecular formula is C23H26N4O3S. The second-order valence-electron chi connectivity index (χ2n) is 6.69. The van der Waals surface area contributed by atoms with Crippen LogP contribution in [-0.4, -0.2) is 37.0 Å². The van der Waals surface area contributed by atoms with Crippen molar-refractivity contribution in [3.05, 3.63) is 84.1 Å². The summed E-state index contributed by atoms with van der Waals surface area (Å²) in [5.41, 5.74) is 4.77. The molecule has 1 N–H and O–H groups in total. The van der Waals surface area contributed by atoms with Gasteiger partial charge in [-0.05, 0) is 35.4 Å². The monoisotopic (exact) mass is 438 g/mol. The Labute approximate surface area is 183 Å². The van der Waals surface area contributed by atoms with E-state index in [4.69, 9.17) is 4.74 Å². The van der Waals surface area contributed by atoms with Crippen molar-refractivity contribution in [2.75, 3.05) is 18.5 Å². The molecule has 0 amide bonds. The quantitative estimate of drug-likeness (QED) is 0.380. The van der Waals surface area contributed by atoms with Gasteiger partial charge in [-0.15, -0.1) is 0 Å². The third kappa shape index (κ3) is 6.13. The number of nitrogens with zero attached hydrogens (tertiary/aromatic N) is 3. The lowest BCUT2D eigenvalue weighted by atomic mass is 10.2. The molecule has 0 bridgehead atoms. The van der Waals surface area contributed by atoms with Gasteiger partial charge in [0.2, 0.25) is 10.0 Å². The van der Waals surface area contributed by atoms with Crippen LogP contribution >= 0.6 is 0 Å². The molecule has 0 saturated carbocycles. The highest BCUT2D eigenvalue weighted by molar-refractivity contribution is 7.89. The zero-order valence-corrected chi connectivity index (χ0v) is 18.4. The summed E-state index contributed by atoms with van der Waals surface area (Å²) in [6.07, 6.45) is 2.99. The number of anilines is 1. The summed E-state index contributed by atoms with van der Waals surface area (Å²) in [5.74, 6) is 1.20. The van der Waals surface area contributed by atoms with Gasteiger partial charge in [-0.2, -0.15) is 9.41 Å². The number of aromatic nitrogens is 1. The predicted molar refractivity (Wildman–Crippen MR) is 123 cm³/mol. The molecule has 162 valence electrons. The van der Waals surface area contributed by atoms with Crippen molar-refractivity contribution in [3.63, 3.8) is 0 Å². The molecule has 0 aliphatic rings. The summed E-state index contributed by atoms with van der Waals surface area (Å²) in [4.78, 5) is 4.31. The minimum atomic E-state index is -3.52. The molecule has 0 aliphatic carbocycles. The first-order valence-electron chi connectivity index (χ1n) is 10.0. The van der Waals surface area contributed by atoms with Crippen LogP contribution in [0.25, 0.3) is 0 Å². The van der Waals surface area contributed by atoms with Crippen molar-refractivity contribution in [2.24, 2.45) is 5.10 Å². The zero-order valence-electron chi connectivity index (χ0n) is 17.6. The van der Waals surface area contributed by atoms with E-state index in [0.717, 1.165) is 16.9 Å². The molecule has 0 unspecified atom stereocenters. The van der Waals surface area contributed by atoms with Crippen LogP contribution in [0.3, 0.4) is 0 Å². The summed E-state index contributed by atoms with van der Waals surface area (Å²) < 4.78 is 32.2. The van der Waals surface area contributed by atoms with Crippen LogP contribution in [0.2, 0.25) is 0 Å². The molecule has 2 aromatic carbocycles. The van der Waals surface area contributed by atoms with E-state index in [0.29, 0.717) is 25.5 Å². The highest BCUT2D eigenvalue weighted by Gasteiger charge is 2.21. The Kier molecular flexibility index (Phi) is 7.75. The molecule has 0 atom stereocenters. The third-order valence-corrected chi connectivity index (χ3v) is 6.61. The summed E-state index contributed by atoms with van der Waals surface area (Å²) in [7, 11) is -3.52. The molecule has 7 nitrogen and oxygen atoms in total. The fourth-order valence-electron chi connectivity index (χ4n) is 2.91. The molecule has 0 radical (unpaired) electrons. The average Bonchev–Trinajstić information content (AvgIpc) is 2.80. The molecule has 0 aliphatic heterocycles. The van der Waals surface area contributed by atoms with Gasteiger partial charge in [-0.25, -0.2) is 13.4 Å². The number of rotatable bonds is 10. The Morgan fingerprint density at radius 2 is 1.81 bits per heavy atom. The fourth-order valence-corrected chi connectivity index (χ4v) is 4.31. The summed E-state index contributed by atoms with van der Waals surface area (Å²) >= 11 is 0. The van der Waals surface area contributed by atoms with Gasteiger partial charge in [-0.3, -0.25) is 5.43 Å². The van der Waals surface area contributed by atoms with Gasteiger partial charge in [0.15, 0.2) is 0 Å². The van der Waals surface area contributed by atoms with Crippen LogP contribution < -0.4 is 10.2 Å². The van der Waals surface area contributed by atoms with Crippen molar-refractivity contribution in [1.29, 1.82) is 0 Å². The Bertz CT molecular complexity index is 1100. The number of pyridine rings is 1. The van der Waals surface area contributed by atoms with E-state index >= 15 is 0 Å². The van der Waals surface area contributed by atoms with E-state index in [1.807, 2.05) is 54.6 Å². The second-order valence-corrected chi connectivity index (χ2v) is 8.62. The van der Waals surface area contributed by atoms with E-state index in [-0.39, 0.29) is 4.90 Å². The summed E-state index contributed by atoms with van der Waals surface area (Å²) in [5, 5.41) is 4.18. The molecule has 0 fully saturated rings. The van der Waals surface area contributed by atoms with E-state index in [2.05, 4.69) is 15.5 Å². The zero-order chi connectivity index (χ0) is 22.1. The van der Waals surface area contributed by atoms with Crippen LogP contribution in [0.4, 0.5) is 5.82 Å². The van der Waals surface area contributed by atoms with E-state index in [1.54, 1.807) is 26.1 Å². The first-order valence-corrected chi connectivity index (χ1v) is 11.5. The number of hydrazone groups is 1. The Morgan fingerprint density at radius 1 is 1.03 bits per heavy atom. The lowest BCUT2D eigenvalue weighted by molar-refractivity contribution is 0.306. The normalized spacial score (nSPS) is 11.7. The maximum absolute atomic E-state index is 12.5. The van der Waals surface area contributed by atoms with Crippen LogP contribution in [0.1, 0.15) is 25.0 Å². The van der Waals surface area contributed by atoms with Crippen LogP contribution in [-0.2, 0) is 16.6 Å². The number of hydrogen-bond donors (Lipinski definition) is 1. The van der Waals surface area contributed by atoms with Gasteiger partial charge in [0.05, 0.1) is 6.21 Å². The largest absolute Gasteiger partial charge is 0.489 e. The molecule has 0 spiro atoms. The predicted octanol–water partition coefficient (Wildman–Crippen LogP) is 4.14. The SMILES string of the molecule is CCN(CC)S(=O)(=O)c1ccc(NN=Cc2cccc(OCc3ccccc3)c2)nc1. The summed E-state index contributed by atoms with van der Waals surface area (Å²) in [6.45, 7) is 4.93. The van der Waals surface area contributed by atoms with Gasteiger partial charge in [0, 0.05) is 19.3 Å². The van der Waals surface area contributed by atoms with Crippen LogP contribution in [0.15, 0.2) is 82.9 Å². The molecule has 3 rings (SSSR count). The highest BCUT2D eigenvalue weighted by atomic mass is 32.2. The van der Waals surface area contributed by atoms with E-state index in [9.17, 15) is 8.42 Å². The third-order valence-electron chi connectivity index (χ3n) is 4.58. The first kappa shape index (κ1) is 22.5. The second kappa shape index (κ2) is 10.7. The Hall–Kier alpha value is -3.23. The standard InChI is InChI=1S/C23H26N4O3S/c1-3-27(4-2)31(28,29)22-13-14-23(24-17-22)26-25-16-20-11-8-12-21(15-20)30-18-19-9-6-5-7-10-19/h5-17H,3-4,18H2,1-2H3,(H,24,26). The number of ether oxygens (including phenoxy) is 1. The van der Waals surface area contributed by atoms with Gasteiger partial charge >= 0.3 is 0 Å². The minimum absolute atomic E-state index is 0.161. The maximum atomic E-state index is 12.5. The molecule has 8 heteroatoms. The minimum Gasteiger partial charge on any atom is -0.489 e. The topological polar surface area (TPSA) is 83.9 Å².